The third-order valence-electron chi connectivity index (χ3n) is 2.56. The van der Waals surface area contributed by atoms with Gasteiger partial charge in [0, 0.05) is 7.05 Å². The number of nitrogens with one attached hydrogen (secondary N) is 1. The summed E-state index contributed by atoms with van der Waals surface area (Å²) < 4.78 is 12.8. The molecule has 3 amide bonds. The van der Waals surface area contributed by atoms with Crippen molar-refractivity contribution in [1.82, 2.24) is 10.2 Å². The van der Waals surface area contributed by atoms with Gasteiger partial charge in [0.1, 0.15) is 6.54 Å². The van der Waals surface area contributed by atoms with Crippen molar-refractivity contribution in [1.29, 1.82) is 0 Å². The zero-order valence-electron chi connectivity index (χ0n) is 10.2. The van der Waals surface area contributed by atoms with Crippen molar-refractivity contribution in [3.05, 3.63) is 24.3 Å². The number of nitrogens with two attached hydrogens (primary N) is 1. The number of allylic oxidation sites excluding steroid dienone is 2. The number of alkyl halides is 1. The van der Waals surface area contributed by atoms with Gasteiger partial charge >= 0.3 is 12.0 Å². The van der Waals surface area contributed by atoms with Crippen molar-refractivity contribution in [3.63, 3.8) is 0 Å². The molecule has 0 saturated carbocycles. The summed E-state index contributed by atoms with van der Waals surface area (Å²) in [4.78, 5) is 32.4. The predicted molar refractivity (Wildman–Crippen MR) is 63.9 cm³/mol. The number of hydrogen-bond donors (Lipinski definition) is 3. The average Bonchev–Trinajstić information content (AvgIpc) is 2.61. The van der Waals surface area contributed by atoms with Crippen LogP contribution in [0.4, 0.5) is 9.18 Å². The smallest absolute Gasteiger partial charge is 0.331 e. The van der Waals surface area contributed by atoms with Gasteiger partial charge in [0.2, 0.25) is 5.91 Å². The minimum Gasteiger partial charge on any atom is -0.480 e. The lowest BCUT2D eigenvalue weighted by molar-refractivity contribution is -0.143. The first-order valence-electron chi connectivity index (χ1n) is 5.34. The molecule has 19 heavy (non-hydrogen) atoms. The molecule has 2 rings (SSSR count). The fourth-order valence-electron chi connectivity index (χ4n) is 1.36. The van der Waals surface area contributed by atoms with Gasteiger partial charge in [0.25, 0.3) is 0 Å². The van der Waals surface area contributed by atoms with Crippen molar-refractivity contribution in [2.24, 2.45) is 5.73 Å². The fourth-order valence-corrected chi connectivity index (χ4v) is 1.36. The topological polar surface area (TPSA) is 113 Å². The van der Waals surface area contributed by atoms with Crippen molar-refractivity contribution in [2.75, 3.05) is 13.6 Å². The second kappa shape index (κ2) is 5.61. The number of amides is 3. The number of hydrogen-bond acceptors (Lipinski definition) is 4. The summed E-state index contributed by atoms with van der Waals surface area (Å²) in [5.41, 5.74) is 3.35. The molecule has 2 aliphatic rings. The Hall–Kier alpha value is -2.22. The molecule has 1 saturated heterocycles. The first-order chi connectivity index (χ1) is 8.77. The van der Waals surface area contributed by atoms with Gasteiger partial charge in [-0.3, -0.25) is 10.1 Å². The summed E-state index contributed by atoms with van der Waals surface area (Å²) in [7, 11) is 1.57. The zero-order valence-corrected chi connectivity index (χ0v) is 10.2. The van der Waals surface area contributed by atoms with Crippen LogP contribution in [-0.2, 0) is 9.59 Å². The van der Waals surface area contributed by atoms with Crippen LogP contribution in [0.3, 0.4) is 0 Å². The highest BCUT2D eigenvalue weighted by atomic mass is 19.1. The molecular formula is C11H14FN3O4. The summed E-state index contributed by atoms with van der Waals surface area (Å²) in [6.45, 7) is 0.193. The first kappa shape index (κ1) is 14.8. The maximum absolute atomic E-state index is 12.8. The summed E-state index contributed by atoms with van der Waals surface area (Å²) in [5.74, 6) is -1.58. The minimum absolute atomic E-state index is 0.193. The highest BCUT2D eigenvalue weighted by Crippen LogP contribution is 2.18. The van der Waals surface area contributed by atoms with Gasteiger partial charge in [-0.25, -0.2) is 14.0 Å². The molecule has 0 aromatic carbocycles. The molecular weight excluding hydrogens is 257 g/mol. The number of carboxylic acids is 1. The molecule has 1 fully saturated rings. The summed E-state index contributed by atoms with van der Waals surface area (Å²) >= 11 is 0. The molecule has 2 unspecified atom stereocenters. The molecule has 1 aliphatic carbocycles. The highest BCUT2D eigenvalue weighted by molar-refractivity contribution is 6.01. The van der Waals surface area contributed by atoms with Gasteiger partial charge in [-0.15, -0.1) is 0 Å². The van der Waals surface area contributed by atoms with E-state index in [0.29, 0.717) is 0 Å². The van der Waals surface area contributed by atoms with E-state index in [0.717, 1.165) is 12.2 Å². The molecule has 1 heterocycles. The van der Waals surface area contributed by atoms with Crippen molar-refractivity contribution in [2.45, 2.75) is 11.7 Å². The molecule has 8 heteroatoms. The summed E-state index contributed by atoms with van der Waals surface area (Å²) in [6, 6.07) is -0.310. The largest absolute Gasteiger partial charge is 0.480 e. The van der Waals surface area contributed by atoms with Crippen LogP contribution in [0.2, 0.25) is 0 Å². The van der Waals surface area contributed by atoms with Crippen molar-refractivity contribution >= 4 is 17.9 Å². The molecule has 4 N–H and O–H groups in total. The molecule has 0 bridgehead atoms. The molecule has 1 aliphatic heterocycles. The lowest BCUT2D eigenvalue weighted by atomic mass is 9.91. The Morgan fingerprint density at radius 1 is 1.58 bits per heavy atom. The quantitative estimate of drug-likeness (QED) is 0.551. The molecule has 104 valence electrons. The monoisotopic (exact) mass is 271 g/mol. The van der Waals surface area contributed by atoms with Crippen molar-refractivity contribution < 1.29 is 23.9 Å². The van der Waals surface area contributed by atoms with Crippen LogP contribution in [0, 0.1) is 0 Å². The molecule has 7 nitrogen and oxygen atoms in total. The van der Waals surface area contributed by atoms with E-state index in [2.05, 4.69) is 5.32 Å². The minimum atomic E-state index is -1.88. The van der Waals surface area contributed by atoms with Gasteiger partial charge in [-0.05, 0) is 6.08 Å². The summed E-state index contributed by atoms with van der Waals surface area (Å²) in [6.07, 6.45) is 3.46. The predicted octanol–water partition coefficient (Wildman–Crippen LogP) is -0.599. The molecule has 0 spiro atoms. The van der Waals surface area contributed by atoms with Crippen LogP contribution in [0.5, 0.6) is 0 Å². The van der Waals surface area contributed by atoms with E-state index in [1.165, 1.54) is 17.1 Å². The SMILES string of the molecule is CN1CC(=O)NC1=O.NC1(C(=O)O)C=CC=CC1F. The Balaban J connectivity index is 0.000000200. The number of nitrogens with zero attached hydrogens (tertiary/aromatic N) is 1. The lowest BCUT2D eigenvalue weighted by Crippen LogP contribution is -2.54. The van der Waals surface area contributed by atoms with E-state index in [1.54, 1.807) is 7.05 Å². The van der Waals surface area contributed by atoms with Crippen LogP contribution in [0.15, 0.2) is 24.3 Å². The average molecular weight is 271 g/mol. The number of imide groups is 1. The number of rotatable bonds is 1. The fraction of sp³-hybridized carbons (Fsp3) is 0.364. The van der Waals surface area contributed by atoms with E-state index >= 15 is 0 Å². The van der Waals surface area contributed by atoms with Gasteiger partial charge in [-0.1, -0.05) is 18.2 Å². The number of halogens is 1. The van der Waals surface area contributed by atoms with E-state index < -0.39 is 17.7 Å². The van der Waals surface area contributed by atoms with Crippen LogP contribution in [0.1, 0.15) is 0 Å². The third-order valence-corrected chi connectivity index (χ3v) is 2.56. The maximum Gasteiger partial charge on any atom is 0.331 e. The van der Waals surface area contributed by atoms with Crippen molar-refractivity contribution in [3.8, 4) is 0 Å². The van der Waals surface area contributed by atoms with E-state index in [1.807, 2.05) is 0 Å². The highest BCUT2D eigenvalue weighted by Gasteiger charge is 2.40. The van der Waals surface area contributed by atoms with Gasteiger partial charge < -0.3 is 15.7 Å². The number of carboxylic acid groups (broad SMARTS) is 1. The maximum atomic E-state index is 12.8. The number of carbonyl (C=O) groups excluding carboxylic acids is 2. The first-order valence-corrected chi connectivity index (χ1v) is 5.34. The molecule has 0 aromatic heterocycles. The summed E-state index contributed by atoms with van der Waals surface area (Å²) in [5, 5.41) is 10.6. The number of aliphatic carboxylic acids is 1. The zero-order chi connectivity index (χ0) is 14.6. The van der Waals surface area contributed by atoms with Crippen LogP contribution < -0.4 is 11.1 Å². The van der Waals surface area contributed by atoms with E-state index in [4.69, 9.17) is 10.8 Å². The Kier molecular flexibility index (Phi) is 4.38. The Morgan fingerprint density at radius 2 is 2.21 bits per heavy atom. The second-order valence-electron chi connectivity index (χ2n) is 4.09. The number of likely N-dealkylation sites (N-methyl/N-ethyl adjacent to an activating group) is 1. The van der Waals surface area contributed by atoms with Gasteiger partial charge in [-0.2, -0.15) is 0 Å². The van der Waals surface area contributed by atoms with Crippen LogP contribution >= 0.6 is 0 Å². The molecule has 2 atom stereocenters. The second-order valence-corrected chi connectivity index (χ2v) is 4.09. The Bertz CT molecular complexity index is 463. The Morgan fingerprint density at radius 3 is 2.47 bits per heavy atom. The molecule has 0 radical (unpaired) electrons. The van der Waals surface area contributed by atoms with E-state index in [-0.39, 0.29) is 18.5 Å². The lowest BCUT2D eigenvalue weighted by Gasteiger charge is -2.24. The number of carbonyl (C=O) groups is 3. The molecule has 0 aromatic rings. The normalized spacial score (nSPS) is 28.8. The number of urea groups is 1. The van der Waals surface area contributed by atoms with Crippen LogP contribution in [-0.4, -0.2) is 53.2 Å². The Labute approximate surface area is 108 Å². The standard InChI is InChI=1S/C7H8FNO2.C4H6N2O2/c8-5-3-1-2-4-7(5,9)6(10)11;1-6-2-3(7)5-4(6)8/h1-5H,9H2,(H,10,11);2H2,1H3,(H,5,7,8). The third kappa shape index (κ3) is 3.38. The van der Waals surface area contributed by atoms with Gasteiger partial charge in [0.05, 0.1) is 0 Å². The van der Waals surface area contributed by atoms with Crippen LogP contribution in [0.25, 0.3) is 0 Å². The van der Waals surface area contributed by atoms with Gasteiger partial charge in [0.15, 0.2) is 11.7 Å². The van der Waals surface area contributed by atoms with E-state index in [9.17, 15) is 18.8 Å².